The molecule has 0 aromatic heterocycles. The lowest BCUT2D eigenvalue weighted by Gasteiger charge is -1.79. The molecule has 1 atom stereocenters. The van der Waals surface area contributed by atoms with E-state index in [1.54, 1.807) is 0 Å². The maximum Gasteiger partial charge on any atom is 0.0547 e. The predicted octanol–water partition coefficient (Wildman–Crippen LogP) is 0.0783. The van der Waals surface area contributed by atoms with Crippen molar-refractivity contribution < 1.29 is 5.11 Å². The van der Waals surface area contributed by atoms with E-state index >= 15 is 0 Å². The van der Waals surface area contributed by atoms with Gasteiger partial charge in [0.1, 0.15) is 0 Å². The molecule has 0 aliphatic heterocycles. The highest BCUT2D eigenvalue weighted by molar-refractivity contribution is 4.40. The van der Waals surface area contributed by atoms with Crippen LogP contribution in [0.15, 0.2) is 0 Å². The van der Waals surface area contributed by atoms with Gasteiger partial charge in [0, 0.05) is 0 Å². The van der Waals surface area contributed by atoms with Gasteiger partial charge in [-0.2, -0.15) is 0 Å². The zero-order chi connectivity index (χ0) is 3.58. The van der Waals surface area contributed by atoms with Crippen molar-refractivity contribution in [3.63, 3.8) is 0 Å². The van der Waals surface area contributed by atoms with Crippen LogP contribution >= 0.6 is 0 Å². The molecule has 0 heterocycles. The van der Waals surface area contributed by atoms with E-state index < -0.39 is 6.10 Å². The standard InChI is InChI=1S/C3H6O/c1-3(2)4/h1,3-4H,2H3. The first-order chi connectivity index (χ1) is 1.73. The van der Waals surface area contributed by atoms with E-state index in [-0.39, 0.29) is 0 Å². The SMILES string of the molecule is [CH]C(C)O. The average Bonchev–Trinajstić information content (AvgIpc) is 0.811. The van der Waals surface area contributed by atoms with E-state index in [1.807, 2.05) is 0 Å². The average molecular weight is 58.1 g/mol. The van der Waals surface area contributed by atoms with Gasteiger partial charge in [0.25, 0.3) is 0 Å². The molecule has 0 amide bonds. The van der Waals surface area contributed by atoms with Crippen molar-refractivity contribution >= 4 is 0 Å². The third-order valence-electron chi connectivity index (χ3n) is 0. The molecule has 0 rings (SSSR count). The molecule has 1 nitrogen and oxygen atoms in total. The van der Waals surface area contributed by atoms with Crippen molar-refractivity contribution in [1.29, 1.82) is 0 Å². The maximum absolute atomic E-state index is 7.83. The minimum Gasteiger partial charge on any atom is -0.393 e. The van der Waals surface area contributed by atoms with Crippen LogP contribution in [0.3, 0.4) is 0 Å². The summed E-state index contributed by atoms with van der Waals surface area (Å²) in [5.74, 6) is 0. The summed E-state index contributed by atoms with van der Waals surface area (Å²) < 4.78 is 0. The normalized spacial score (nSPS) is 9.00. The highest BCUT2D eigenvalue weighted by Gasteiger charge is 1.70. The lowest BCUT2D eigenvalue weighted by Crippen LogP contribution is -1.86. The van der Waals surface area contributed by atoms with Gasteiger partial charge in [-0.25, -0.2) is 0 Å². The molecule has 1 unspecified atom stereocenters. The van der Waals surface area contributed by atoms with E-state index in [4.69, 9.17) is 5.11 Å². The Morgan fingerprint density at radius 1 is 2.00 bits per heavy atom. The molecular formula is C3H6O. The number of hydrogen-bond donors (Lipinski definition) is 1. The first kappa shape index (κ1) is 3.96. The molecule has 0 fully saturated rings. The Bertz CT molecular complexity index is 8.00. The van der Waals surface area contributed by atoms with Crippen molar-refractivity contribution in [2.45, 2.75) is 13.0 Å². The minimum atomic E-state index is -0.667. The molecule has 0 saturated carbocycles. The first-order valence-corrected chi connectivity index (χ1v) is 1.17. The summed E-state index contributed by atoms with van der Waals surface area (Å²) in [5.41, 5.74) is 0. The van der Waals surface area contributed by atoms with Crippen molar-refractivity contribution in [2.75, 3.05) is 0 Å². The Kier molecular flexibility index (Phi) is 1.28. The second kappa shape index (κ2) is 1.30. The van der Waals surface area contributed by atoms with Crippen LogP contribution in [0.2, 0.25) is 0 Å². The molecule has 1 heteroatoms. The van der Waals surface area contributed by atoms with Crippen LogP contribution in [0, 0.1) is 6.92 Å². The second-order valence-corrected chi connectivity index (χ2v) is 0.741. The molecular weight excluding hydrogens is 52.0 g/mol. The van der Waals surface area contributed by atoms with Crippen LogP contribution in [0.5, 0.6) is 0 Å². The number of hydrogen-bond acceptors (Lipinski definition) is 1. The largest absolute Gasteiger partial charge is 0.393 e. The van der Waals surface area contributed by atoms with Gasteiger partial charge in [-0.1, -0.05) is 0 Å². The summed E-state index contributed by atoms with van der Waals surface area (Å²) in [7, 11) is 0. The van der Waals surface area contributed by atoms with Gasteiger partial charge >= 0.3 is 0 Å². The fraction of sp³-hybridized carbons (Fsp3) is 0.667. The van der Waals surface area contributed by atoms with Crippen LogP contribution in [-0.4, -0.2) is 11.2 Å². The summed E-state index contributed by atoms with van der Waals surface area (Å²) in [6, 6.07) is 0. The van der Waals surface area contributed by atoms with Gasteiger partial charge in [-0.15, -0.1) is 0 Å². The van der Waals surface area contributed by atoms with Crippen LogP contribution in [0.1, 0.15) is 6.92 Å². The summed E-state index contributed by atoms with van der Waals surface area (Å²) in [6.45, 7) is 6.17. The summed E-state index contributed by atoms with van der Waals surface area (Å²) in [5, 5.41) is 7.83. The van der Waals surface area contributed by atoms with Crippen LogP contribution in [-0.2, 0) is 0 Å². The molecule has 0 aliphatic rings. The Morgan fingerprint density at radius 2 is 2.00 bits per heavy atom. The zero-order valence-electron chi connectivity index (χ0n) is 2.60. The Balaban J connectivity index is 2.32. The first-order valence-electron chi connectivity index (χ1n) is 1.17. The molecule has 0 bridgehead atoms. The summed E-state index contributed by atoms with van der Waals surface area (Å²) in [6.07, 6.45) is -0.667. The van der Waals surface area contributed by atoms with Crippen LogP contribution < -0.4 is 0 Å². The number of rotatable bonds is 0. The van der Waals surface area contributed by atoms with E-state index in [9.17, 15) is 0 Å². The van der Waals surface area contributed by atoms with Gasteiger partial charge in [0.15, 0.2) is 0 Å². The van der Waals surface area contributed by atoms with Gasteiger partial charge in [0.05, 0.1) is 6.10 Å². The number of aliphatic hydroxyl groups is 1. The highest BCUT2D eigenvalue weighted by atomic mass is 16.3. The van der Waals surface area contributed by atoms with Crippen molar-refractivity contribution in [1.82, 2.24) is 0 Å². The van der Waals surface area contributed by atoms with Crippen LogP contribution in [0.4, 0.5) is 0 Å². The monoisotopic (exact) mass is 58.0 g/mol. The van der Waals surface area contributed by atoms with E-state index in [1.165, 1.54) is 6.92 Å². The fourth-order valence-corrected chi connectivity index (χ4v) is 0. The molecule has 2 radical (unpaired) electrons. The van der Waals surface area contributed by atoms with Gasteiger partial charge < -0.3 is 5.11 Å². The maximum atomic E-state index is 7.83. The van der Waals surface area contributed by atoms with Gasteiger partial charge in [0.2, 0.25) is 0 Å². The predicted molar refractivity (Wildman–Crippen MR) is 16.0 cm³/mol. The van der Waals surface area contributed by atoms with Gasteiger partial charge in [-0.05, 0) is 13.8 Å². The Labute approximate surface area is 26.3 Å². The molecule has 0 aromatic rings. The molecule has 0 aliphatic carbocycles. The van der Waals surface area contributed by atoms with E-state index in [0.29, 0.717) is 0 Å². The molecule has 0 aromatic carbocycles. The van der Waals surface area contributed by atoms with E-state index in [0.717, 1.165) is 0 Å². The highest BCUT2D eigenvalue weighted by Crippen LogP contribution is 1.63. The fourth-order valence-electron chi connectivity index (χ4n) is 0. The van der Waals surface area contributed by atoms with Crippen molar-refractivity contribution in [2.24, 2.45) is 0 Å². The summed E-state index contributed by atoms with van der Waals surface area (Å²) >= 11 is 0. The number of aliphatic hydroxyl groups excluding tert-OH is 1. The lowest BCUT2D eigenvalue weighted by atomic mass is 10.5. The van der Waals surface area contributed by atoms with Crippen molar-refractivity contribution in [3.8, 4) is 0 Å². The molecule has 0 spiro atoms. The molecule has 4 heavy (non-hydrogen) atoms. The lowest BCUT2D eigenvalue weighted by molar-refractivity contribution is 0.241. The minimum absolute atomic E-state index is 0.667. The Hall–Kier alpha value is -0.0400. The molecule has 0 saturated heterocycles. The third-order valence-corrected chi connectivity index (χ3v) is 0. The van der Waals surface area contributed by atoms with Crippen molar-refractivity contribution in [3.05, 3.63) is 6.92 Å². The molecule has 1 N–H and O–H groups in total. The quantitative estimate of drug-likeness (QED) is 0.418. The molecule has 24 valence electrons. The zero-order valence-corrected chi connectivity index (χ0v) is 2.60. The smallest absolute Gasteiger partial charge is 0.0547 e. The van der Waals surface area contributed by atoms with Gasteiger partial charge in [-0.3, -0.25) is 0 Å². The topological polar surface area (TPSA) is 20.2 Å². The second-order valence-electron chi connectivity index (χ2n) is 0.741. The van der Waals surface area contributed by atoms with E-state index in [2.05, 4.69) is 6.92 Å². The van der Waals surface area contributed by atoms with Crippen LogP contribution in [0.25, 0.3) is 0 Å². The Morgan fingerprint density at radius 3 is 2.00 bits per heavy atom. The summed E-state index contributed by atoms with van der Waals surface area (Å²) in [4.78, 5) is 0. The third kappa shape index (κ3) is 1130.